The summed E-state index contributed by atoms with van der Waals surface area (Å²) in [5.74, 6) is -0.946. The number of hydrogen-bond donors (Lipinski definition) is 2. The van der Waals surface area contributed by atoms with E-state index in [4.69, 9.17) is 13.9 Å². The maximum absolute atomic E-state index is 11.6. The highest BCUT2D eigenvalue weighted by molar-refractivity contribution is 8.03. The zero-order chi connectivity index (χ0) is 18.7. The number of carboxylic acids is 1. The Hall–Kier alpha value is -3.13. The molecule has 2 aromatic carbocycles. The smallest absolute Gasteiger partial charge is 0.342 e. The molecule has 1 heterocycles. The lowest BCUT2D eigenvalue weighted by atomic mass is 10.1. The lowest BCUT2D eigenvalue weighted by Crippen LogP contribution is -1.97. The molecule has 0 amide bonds. The largest absolute Gasteiger partial charge is 0.502 e. The van der Waals surface area contributed by atoms with Crippen LogP contribution in [0.15, 0.2) is 50.9 Å². The first-order valence-corrected chi connectivity index (χ1v) is 8.27. The Labute approximate surface area is 152 Å². The van der Waals surface area contributed by atoms with Crippen molar-refractivity contribution in [2.75, 3.05) is 14.2 Å². The second kappa shape index (κ2) is 7.40. The zero-order valence-corrected chi connectivity index (χ0v) is 14.7. The maximum Gasteiger partial charge on any atom is 0.342 e. The lowest BCUT2D eigenvalue weighted by molar-refractivity contribution is -0.131. The number of carboxylic acid groups (broad SMARTS) is 1. The Balaban J connectivity index is 1.98. The summed E-state index contributed by atoms with van der Waals surface area (Å²) in [5, 5.41) is 19.7. The van der Waals surface area contributed by atoms with Crippen molar-refractivity contribution >= 4 is 34.9 Å². The molecule has 134 valence electrons. The second-order valence-corrected chi connectivity index (χ2v) is 6.13. The van der Waals surface area contributed by atoms with Crippen LogP contribution in [-0.2, 0) is 4.79 Å². The minimum Gasteiger partial charge on any atom is -0.502 e. The average molecular weight is 373 g/mol. The van der Waals surface area contributed by atoms with E-state index in [9.17, 15) is 15.0 Å². The number of aromatic hydroxyl groups is 1. The third kappa shape index (κ3) is 3.60. The predicted molar refractivity (Wildman–Crippen MR) is 96.7 cm³/mol. The van der Waals surface area contributed by atoms with E-state index >= 15 is 0 Å². The van der Waals surface area contributed by atoms with Crippen LogP contribution in [0, 0.1) is 0 Å². The van der Waals surface area contributed by atoms with Crippen LogP contribution in [0.3, 0.4) is 0 Å². The molecule has 3 rings (SSSR count). The van der Waals surface area contributed by atoms with Crippen LogP contribution in [0.2, 0.25) is 0 Å². The van der Waals surface area contributed by atoms with Crippen LogP contribution >= 0.6 is 11.8 Å². The molecule has 1 aromatic heterocycles. The number of ether oxygens (including phenoxy) is 2. The fourth-order valence-corrected chi connectivity index (χ4v) is 3.02. The van der Waals surface area contributed by atoms with Gasteiger partial charge in [-0.3, -0.25) is 0 Å². The van der Waals surface area contributed by atoms with Gasteiger partial charge >= 0.3 is 5.97 Å². The number of rotatable bonds is 6. The highest BCUT2D eigenvalue weighted by atomic mass is 32.2. The van der Waals surface area contributed by atoms with Crippen molar-refractivity contribution in [3.05, 3.63) is 46.9 Å². The fraction of sp³-hybridized carbons (Fsp3) is 0.111. The fourth-order valence-electron chi connectivity index (χ4n) is 2.27. The Morgan fingerprint density at radius 2 is 1.85 bits per heavy atom. The van der Waals surface area contributed by atoms with Crippen LogP contribution in [-0.4, -0.2) is 35.4 Å². The van der Waals surface area contributed by atoms with E-state index in [1.165, 1.54) is 32.4 Å². The van der Waals surface area contributed by atoms with Gasteiger partial charge in [0.05, 0.1) is 14.2 Å². The van der Waals surface area contributed by atoms with E-state index in [-0.39, 0.29) is 27.4 Å². The first-order valence-electron chi connectivity index (χ1n) is 7.45. The normalized spacial score (nSPS) is 11.5. The molecule has 0 fully saturated rings. The third-order valence-electron chi connectivity index (χ3n) is 3.48. The molecule has 2 N–H and O–H groups in total. The van der Waals surface area contributed by atoms with E-state index in [2.05, 4.69) is 4.98 Å². The Morgan fingerprint density at radius 1 is 1.19 bits per heavy atom. The quantitative estimate of drug-likeness (QED) is 0.497. The molecule has 0 saturated heterocycles. The van der Waals surface area contributed by atoms with Crippen LogP contribution < -0.4 is 9.47 Å². The van der Waals surface area contributed by atoms with Gasteiger partial charge in [-0.2, -0.15) is 0 Å². The van der Waals surface area contributed by atoms with E-state index in [1.807, 2.05) is 12.1 Å². The lowest BCUT2D eigenvalue weighted by Gasteiger charge is -2.10. The Bertz CT molecular complexity index is 936. The molecule has 8 heteroatoms. The van der Waals surface area contributed by atoms with Gasteiger partial charge in [0.15, 0.2) is 17.1 Å². The second-order valence-electron chi connectivity index (χ2n) is 5.14. The number of benzene rings is 2. The summed E-state index contributed by atoms with van der Waals surface area (Å²) in [4.78, 5) is 15.9. The van der Waals surface area contributed by atoms with Crippen molar-refractivity contribution in [1.82, 2.24) is 4.98 Å². The Morgan fingerprint density at radius 3 is 2.42 bits per heavy atom. The van der Waals surface area contributed by atoms with Crippen LogP contribution in [0.25, 0.3) is 17.2 Å². The molecule has 0 radical (unpaired) electrons. The predicted octanol–water partition coefficient (Wildman–Crippen LogP) is 3.77. The molecule has 0 bridgehead atoms. The monoisotopic (exact) mass is 373 g/mol. The minimum absolute atomic E-state index is 0.00801. The third-order valence-corrected chi connectivity index (χ3v) is 4.34. The number of nitrogens with zero attached hydrogens (tertiary/aromatic N) is 1. The summed E-state index contributed by atoms with van der Waals surface area (Å²) in [5.41, 5.74) is 1.71. The van der Waals surface area contributed by atoms with Gasteiger partial charge in [-0.1, -0.05) is 12.1 Å². The maximum atomic E-state index is 11.6. The van der Waals surface area contributed by atoms with Gasteiger partial charge < -0.3 is 24.1 Å². The highest BCUT2D eigenvalue weighted by Crippen LogP contribution is 2.38. The molecule has 0 spiro atoms. The van der Waals surface area contributed by atoms with Gasteiger partial charge in [-0.15, -0.1) is 0 Å². The number of fused-ring (bicyclic) bond motifs is 1. The highest BCUT2D eigenvalue weighted by Gasteiger charge is 2.16. The summed E-state index contributed by atoms with van der Waals surface area (Å²) in [6.07, 6.45) is 1.42. The van der Waals surface area contributed by atoms with Crippen molar-refractivity contribution in [2.24, 2.45) is 0 Å². The number of methoxy groups -OCH3 is 2. The van der Waals surface area contributed by atoms with E-state index in [0.29, 0.717) is 16.7 Å². The minimum atomic E-state index is -1.14. The molecule has 0 atom stereocenters. The number of aromatic nitrogens is 1. The van der Waals surface area contributed by atoms with Crippen LogP contribution in [0.1, 0.15) is 5.56 Å². The summed E-state index contributed by atoms with van der Waals surface area (Å²) in [6, 6.07) is 10.2. The number of phenolic OH excluding ortho intramolecular Hbond substituents is 1. The molecule has 26 heavy (non-hydrogen) atoms. The van der Waals surface area contributed by atoms with Crippen molar-refractivity contribution in [2.45, 2.75) is 5.22 Å². The van der Waals surface area contributed by atoms with Crippen molar-refractivity contribution < 1.29 is 28.9 Å². The van der Waals surface area contributed by atoms with Gasteiger partial charge in [0.25, 0.3) is 5.22 Å². The van der Waals surface area contributed by atoms with Crippen LogP contribution in [0.5, 0.6) is 17.2 Å². The van der Waals surface area contributed by atoms with E-state index < -0.39 is 5.97 Å². The first-order chi connectivity index (χ1) is 12.5. The van der Waals surface area contributed by atoms with Crippen molar-refractivity contribution in [1.29, 1.82) is 0 Å². The summed E-state index contributed by atoms with van der Waals surface area (Å²) in [6.45, 7) is 0. The van der Waals surface area contributed by atoms with Gasteiger partial charge in [0.2, 0.25) is 5.75 Å². The van der Waals surface area contributed by atoms with Crippen molar-refractivity contribution in [3.63, 3.8) is 0 Å². The van der Waals surface area contributed by atoms with Crippen LogP contribution in [0.4, 0.5) is 0 Å². The number of thioether (sulfide) groups is 1. The summed E-state index contributed by atoms with van der Waals surface area (Å²) >= 11 is 0.888. The van der Waals surface area contributed by atoms with Crippen molar-refractivity contribution in [3.8, 4) is 17.2 Å². The Kier molecular flexibility index (Phi) is 5.04. The standard InChI is InChI=1S/C18H15NO6S/c1-23-13-7-10(8-14(24-2)16(13)20)9-15(17(21)22)26-18-19-11-5-3-4-6-12(11)25-18/h3-9,20H,1-2H3,(H,21,22)/b15-9+. The first kappa shape index (κ1) is 17.7. The number of hydrogen-bond acceptors (Lipinski definition) is 7. The van der Waals surface area contributed by atoms with E-state index in [0.717, 1.165) is 11.8 Å². The topological polar surface area (TPSA) is 102 Å². The number of carbonyl (C=O) groups is 1. The average Bonchev–Trinajstić information content (AvgIpc) is 3.04. The molecular formula is C18H15NO6S. The molecule has 3 aromatic rings. The van der Waals surface area contributed by atoms with Gasteiger partial charge in [0, 0.05) is 0 Å². The van der Waals surface area contributed by atoms with Gasteiger partial charge in [0.1, 0.15) is 10.4 Å². The molecule has 0 unspecified atom stereocenters. The number of phenols is 1. The van der Waals surface area contributed by atoms with E-state index in [1.54, 1.807) is 12.1 Å². The summed E-state index contributed by atoms with van der Waals surface area (Å²) in [7, 11) is 2.79. The summed E-state index contributed by atoms with van der Waals surface area (Å²) < 4.78 is 15.7. The SMILES string of the molecule is COc1cc(/C=C(/Sc2nc3ccccc3o2)C(=O)O)cc(OC)c1O. The molecule has 0 aliphatic carbocycles. The molecule has 7 nitrogen and oxygen atoms in total. The number of oxazole rings is 1. The number of para-hydroxylation sites is 2. The zero-order valence-electron chi connectivity index (χ0n) is 13.9. The molecular weight excluding hydrogens is 358 g/mol. The van der Waals surface area contributed by atoms with Gasteiger partial charge in [-0.25, -0.2) is 9.78 Å². The van der Waals surface area contributed by atoms with Gasteiger partial charge in [-0.05, 0) is 47.7 Å². The molecule has 0 saturated carbocycles. The molecule has 0 aliphatic rings. The molecule has 0 aliphatic heterocycles. The number of aliphatic carboxylic acids is 1.